The Morgan fingerprint density at radius 3 is 2.62 bits per heavy atom. The van der Waals surface area contributed by atoms with Gasteiger partial charge in [-0.25, -0.2) is 0 Å². The highest BCUT2D eigenvalue weighted by atomic mass is 32.1. The summed E-state index contributed by atoms with van der Waals surface area (Å²) in [6.07, 6.45) is 1.06. The molecule has 2 heterocycles. The molecule has 1 unspecified atom stereocenters. The standard InChI is InChI=1S/C19H23N5OS/c1-13(2)11-15-6-8-16(9-7-15)14(3)20-18(25)12-24-22-19(21-23-24)17-5-4-10-26-17/h4-10,13-14H,11-12H2,1-3H3,(H,20,25). The van der Waals surface area contributed by atoms with E-state index in [2.05, 4.69) is 58.8 Å². The summed E-state index contributed by atoms with van der Waals surface area (Å²) in [5, 5.41) is 17.1. The fraction of sp³-hybridized carbons (Fsp3) is 0.368. The van der Waals surface area contributed by atoms with Gasteiger partial charge >= 0.3 is 0 Å². The number of carbonyl (C=O) groups is 1. The third kappa shape index (κ3) is 4.76. The predicted octanol–water partition coefficient (Wildman–Crippen LogP) is 3.48. The van der Waals surface area contributed by atoms with E-state index in [0.29, 0.717) is 11.7 Å². The lowest BCUT2D eigenvalue weighted by molar-refractivity contribution is -0.122. The summed E-state index contributed by atoms with van der Waals surface area (Å²) in [5.74, 6) is 1.03. The van der Waals surface area contributed by atoms with Crippen molar-refractivity contribution in [3.05, 3.63) is 52.9 Å². The Balaban J connectivity index is 1.56. The van der Waals surface area contributed by atoms with Crippen molar-refractivity contribution in [2.24, 2.45) is 5.92 Å². The van der Waals surface area contributed by atoms with E-state index in [9.17, 15) is 4.79 Å². The van der Waals surface area contributed by atoms with Crippen molar-refractivity contribution in [3.63, 3.8) is 0 Å². The molecule has 1 N–H and O–H groups in total. The number of amides is 1. The van der Waals surface area contributed by atoms with Crippen LogP contribution in [0.5, 0.6) is 0 Å². The highest BCUT2D eigenvalue weighted by molar-refractivity contribution is 7.13. The zero-order chi connectivity index (χ0) is 18.5. The summed E-state index contributed by atoms with van der Waals surface area (Å²) in [6.45, 7) is 6.44. The topological polar surface area (TPSA) is 72.7 Å². The lowest BCUT2D eigenvalue weighted by atomic mass is 10.00. The molecule has 2 aromatic heterocycles. The first-order valence-electron chi connectivity index (χ1n) is 8.71. The quantitative estimate of drug-likeness (QED) is 0.692. The van der Waals surface area contributed by atoms with Crippen molar-refractivity contribution in [1.82, 2.24) is 25.5 Å². The van der Waals surface area contributed by atoms with Gasteiger partial charge in [0.2, 0.25) is 11.7 Å². The normalized spacial score (nSPS) is 12.3. The Morgan fingerprint density at radius 1 is 1.19 bits per heavy atom. The summed E-state index contributed by atoms with van der Waals surface area (Å²) in [7, 11) is 0. The van der Waals surface area contributed by atoms with Gasteiger partial charge in [-0.05, 0) is 47.0 Å². The third-order valence-corrected chi connectivity index (χ3v) is 4.85. The number of nitrogens with zero attached hydrogens (tertiary/aromatic N) is 4. The van der Waals surface area contributed by atoms with Crippen LogP contribution < -0.4 is 5.32 Å². The Hall–Kier alpha value is -2.54. The van der Waals surface area contributed by atoms with E-state index in [4.69, 9.17) is 0 Å². The van der Waals surface area contributed by atoms with Crippen LogP contribution >= 0.6 is 11.3 Å². The van der Waals surface area contributed by atoms with Gasteiger partial charge in [0.25, 0.3) is 0 Å². The summed E-state index contributed by atoms with van der Waals surface area (Å²) >= 11 is 1.54. The zero-order valence-corrected chi connectivity index (χ0v) is 16.0. The first-order valence-corrected chi connectivity index (χ1v) is 9.59. The maximum absolute atomic E-state index is 12.3. The van der Waals surface area contributed by atoms with Crippen LogP contribution in [-0.2, 0) is 17.8 Å². The molecule has 0 saturated carbocycles. The molecule has 0 fully saturated rings. The van der Waals surface area contributed by atoms with Gasteiger partial charge in [0.15, 0.2) is 0 Å². The summed E-state index contributed by atoms with van der Waals surface area (Å²) in [5.41, 5.74) is 2.40. The number of rotatable bonds is 7. The number of hydrogen-bond acceptors (Lipinski definition) is 5. The zero-order valence-electron chi connectivity index (χ0n) is 15.2. The second-order valence-electron chi connectivity index (χ2n) is 6.75. The van der Waals surface area contributed by atoms with Gasteiger partial charge in [-0.2, -0.15) is 4.80 Å². The number of hydrogen-bond donors (Lipinski definition) is 1. The fourth-order valence-corrected chi connectivity index (χ4v) is 3.38. The lowest BCUT2D eigenvalue weighted by Crippen LogP contribution is -2.30. The second kappa shape index (κ2) is 8.23. The van der Waals surface area contributed by atoms with Crippen LogP contribution in [0.15, 0.2) is 41.8 Å². The lowest BCUT2D eigenvalue weighted by Gasteiger charge is -2.15. The van der Waals surface area contributed by atoms with Gasteiger partial charge in [-0.1, -0.05) is 44.2 Å². The molecule has 0 aliphatic carbocycles. The Bertz CT molecular complexity index is 839. The summed E-state index contributed by atoms with van der Waals surface area (Å²) in [4.78, 5) is 14.5. The van der Waals surface area contributed by atoms with Gasteiger partial charge in [0.1, 0.15) is 6.54 Å². The average molecular weight is 369 g/mol. The van der Waals surface area contributed by atoms with Gasteiger partial charge in [0.05, 0.1) is 10.9 Å². The molecule has 0 bridgehead atoms. The molecule has 1 amide bonds. The number of aromatic nitrogens is 4. The molecule has 0 aliphatic rings. The van der Waals surface area contributed by atoms with Crippen molar-refractivity contribution in [2.75, 3.05) is 0 Å². The first kappa shape index (κ1) is 18.3. The van der Waals surface area contributed by atoms with Crippen molar-refractivity contribution in [3.8, 4) is 10.7 Å². The SMILES string of the molecule is CC(C)Cc1ccc(C(C)NC(=O)Cn2nnc(-c3cccs3)n2)cc1. The largest absolute Gasteiger partial charge is 0.348 e. The maximum atomic E-state index is 12.3. The Kier molecular flexibility index (Phi) is 5.78. The predicted molar refractivity (Wildman–Crippen MR) is 103 cm³/mol. The molecule has 3 aromatic rings. The minimum Gasteiger partial charge on any atom is -0.348 e. The van der Waals surface area contributed by atoms with Crippen molar-refractivity contribution in [1.29, 1.82) is 0 Å². The molecule has 26 heavy (non-hydrogen) atoms. The average Bonchev–Trinajstić information content (AvgIpc) is 3.26. The van der Waals surface area contributed by atoms with E-state index in [1.807, 2.05) is 24.4 Å². The van der Waals surface area contributed by atoms with Gasteiger partial charge < -0.3 is 5.32 Å². The number of carbonyl (C=O) groups excluding carboxylic acids is 1. The van der Waals surface area contributed by atoms with E-state index in [-0.39, 0.29) is 18.5 Å². The molecule has 0 radical (unpaired) electrons. The number of thiophene rings is 1. The van der Waals surface area contributed by atoms with Crippen molar-refractivity contribution >= 4 is 17.2 Å². The summed E-state index contributed by atoms with van der Waals surface area (Å²) < 4.78 is 0. The minimum atomic E-state index is -0.140. The molecular formula is C19H23N5OS. The number of tetrazole rings is 1. The molecule has 7 heteroatoms. The molecule has 1 aromatic carbocycles. The highest BCUT2D eigenvalue weighted by Gasteiger charge is 2.13. The molecule has 136 valence electrons. The van der Waals surface area contributed by atoms with Crippen LogP contribution in [0.2, 0.25) is 0 Å². The molecule has 0 saturated heterocycles. The Morgan fingerprint density at radius 2 is 1.96 bits per heavy atom. The maximum Gasteiger partial charge on any atom is 0.244 e. The van der Waals surface area contributed by atoms with E-state index >= 15 is 0 Å². The Labute approximate surface area is 157 Å². The van der Waals surface area contributed by atoms with E-state index < -0.39 is 0 Å². The minimum absolute atomic E-state index is 0.0498. The second-order valence-corrected chi connectivity index (χ2v) is 7.70. The summed E-state index contributed by atoms with van der Waals surface area (Å²) in [6, 6.07) is 12.2. The van der Waals surface area contributed by atoms with Crippen molar-refractivity contribution in [2.45, 2.75) is 39.8 Å². The van der Waals surface area contributed by atoms with Gasteiger partial charge in [-0.15, -0.1) is 21.5 Å². The monoisotopic (exact) mass is 369 g/mol. The van der Waals surface area contributed by atoms with Crippen LogP contribution in [0.4, 0.5) is 0 Å². The number of benzene rings is 1. The molecule has 1 atom stereocenters. The van der Waals surface area contributed by atoms with Crippen LogP contribution in [0.3, 0.4) is 0 Å². The molecule has 0 aliphatic heterocycles. The number of nitrogens with one attached hydrogen (secondary N) is 1. The molecular weight excluding hydrogens is 346 g/mol. The fourth-order valence-electron chi connectivity index (χ4n) is 2.73. The molecule has 6 nitrogen and oxygen atoms in total. The van der Waals surface area contributed by atoms with Gasteiger partial charge in [0, 0.05) is 0 Å². The van der Waals surface area contributed by atoms with Crippen LogP contribution in [0, 0.1) is 5.92 Å². The van der Waals surface area contributed by atoms with E-state index in [1.165, 1.54) is 10.4 Å². The first-order chi connectivity index (χ1) is 12.5. The molecule has 0 spiro atoms. The highest BCUT2D eigenvalue weighted by Crippen LogP contribution is 2.19. The van der Waals surface area contributed by atoms with Crippen LogP contribution in [0.25, 0.3) is 10.7 Å². The van der Waals surface area contributed by atoms with Crippen LogP contribution in [-0.4, -0.2) is 26.1 Å². The van der Waals surface area contributed by atoms with Crippen LogP contribution in [0.1, 0.15) is 37.9 Å². The van der Waals surface area contributed by atoms with E-state index in [1.54, 1.807) is 11.3 Å². The van der Waals surface area contributed by atoms with E-state index in [0.717, 1.165) is 16.9 Å². The molecule has 3 rings (SSSR count). The smallest absolute Gasteiger partial charge is 0.244 e. The third-order valence-electron chi connectivity index (χ3n) is 3.98. The van der Waals surface area contributed by atoms with Crippen molar-refractivity contribution < 1.29 is 4.79 Å². The van der Waals surface area contributed by atoms with Gasteiger partial charge in [-0.3, -0.25) is 4.79 Å².